The molecule has 3 aromatic rings. The van der Waals surface area contributed by atoms with Crippen LogP contribution in [0.5, 0.6) is 11.5 Å². The zero-order chi connectivity index (χ0) is 21.4. The number of allylic oxidation sites excluding steroid dienone is 1. The highest BCUT2D eigenvalue weighted by Gasteiger charge is 2.30. The maximum Gasteiger partial charge on any atom is 0.343 e. The number of halogens is 3. The molecule has 0 amide bonds. The van der Waals surface area contributed by atoms with Crippen molar-refractivity contribution in [2.24, 2.45) is 0 Å². The maximum atomic E-state index is 12.8. The van der Waals surface area contributed by atoms with Gasteiger partial charge in [-0.15, -0.1) is 0 Å². The van der Waals surface area contributed by atoms with E-state index in [1.165, 1.54) is 12.1 Å². The molecule has 1 heterocycles. The highest BCUT2D eigenvalue weighted by molar-refractivity contribution is 6.42. The van der Waals surface area contributed by atoms with E-state index in [2.05, 4.69) is 0 Å². The number of ether oxygens (including phenoxy) is 2. The lowest BCUT2D eigenvalue weighted by Crippen LogP contribution is -2.08. The van der Waals surface area contributed by atoms with Crippen LogP contribution in [-0.2, 0) is 0 Å². The fraction of sp³-hybridized carbons (Fsp3) is 0.0435. The van der Waals surface area contributed by atoms with Gasteiger partial charge in [-0.3, -0.25) is 4.79 Å². The van der Waals surface area contributed by atoms with E-state index in [0.29, 0.717) is 43.1 Å². The van der Waals surface area contributed by atoms with E-state index < -0.39 is 5.97 Å². The van der Waals surface area contributed by atoms with Crippen molar-refractivity contribution in [3.05, 3.63) is 97.7 Å². The molecule has 30 heavy (non-hydrogen) atoms. The number of carbonyl (C=O) groups excluding carboxylic acids is 2. The van der Waals surface area contributed by atoms with Gasteiger partial charge in [0.15, 0.2) is 5.76 Å². The number of hydrogen-bond acceptors (Lipinski definition) is 4. The second kappa shape index (κ2) is 8.15. The molecule has 0 saturated heterocycles. The molecule has 1 aliphatic heterocycles. The van der Waals surface area contributed by atoms with Crippen molar-refractivity contribution in [1.29, 1.82) is 0 Å². The monoisotopic (exact) mass is 458 g/mol. The van der Waals surface area contributed by atoms with Crippen LogP contribution in [0.3, 0.4) is 0 Å². The van der Waals surface area contributed by atoms with Gasteiger partial charge in [-0.25, -0.2) is 4.79 Å². The summed E-state index contributed by atoms with van der Waals surface area (Å²) in [6, 6.07) is 14.6. The van der Waals surface area contributed by atoms with E-state index in [9.17, 15) is 9.59 Å². The molecule has 3 aromatic carbocycles. The molecular formula is C23H13Cl3O4. The SMILES string of the molecule is Cc1cc(OC(=O)c2cccc(Cl)c2)cc2c1C(=O)/C(=C/c1ccc(Cl)c(Cl)c1)O2. The van der Waals surface area contributed by atoms with Crippen LogP contribution in [-0.4, -0.2) is 11.8 Å². The van der Waals surface area contributed by atoms with Crippen LogP contribution in [0, 0.1) is 6.92 Å². The molecule has 0 aliphatic carbocycles. The van der Waals surface area contributed by atoms with Crippen LogP contribution in [0.4, 0.5) is 0 Å². The summed E-state index contributed by atoms with van der Waals surface area (Å²) < 4.78 is 11.2. The van der Waals surface area contributed by atoms with Crippen LogP contribution < -0.4 is 9.47 Å². The molecule has 0 radical (unpaired) electrons. The van der Waals surface area contributed by atoms with E-state index in [-0.39, 0.29) is 17.3 Å². The Hall–Kier alpha value is -2.79. The molecule has 0 spiro atoms. The average Bonchev–Trinajstić information content (AvgIpc) is 3.00. The zero-order valence-electron chi connectivity index (χ0n) is 15.5. The number of rotatable bonds is 3. The Labute approximate surface area is 187 Å². The lowest BCUT2D eigenvalue weighted by atomic mass is 10.0. The lowest BCUT2D eigenvalue weighted by molar-refractivity contribution is 0.0734. The summed E-state index contributed by atoms with van der Waals surface area (Å²) in [4.78, 5) is 25.2. The third kappa shape index (κ3) is 4.08. The number of Topliss-reactive ketones (excluding diaryl/α,β-unsaturated/α-hetero) is 1. The fourth-order valence-corrected chi connectivity index (χ4v) is 3.57. The minimum atomic E-state index is -0.562. The summed E-state index contributed by atoms with van der Waals surface area (Å²) in [5, 5.41) is 1.23. The van der Waals surface area contributed by atoms with Gasteiger partial charge in [-0.05, 0) is 60.5 Å². The Morgan fingerprint density at radius 3 is 2.53 bits per heavy atom. The van der Waals surface area contributed by atoms with Gasteiger partial charge in [0.25, 0.3) is 0 Å². The third-order valence-corrected chi connectivity index (χ3v) is 5.43. The van der Waals surface area contributed by atoms with Gasteiger partial charge in [-0.2, -0.15) is 0 Å². The minimum Gasteiger partial charge on any atom is -0.452 e. The topological polar surface area (TPSA) is 52.6 Å². The van der Waals surface area contributed by atoms with Gasteiger partial charge >= 0.3 is 5.97 Å². The van der Waals surface area contributed by atoms with Crippen LogP contribution in [0.25, 0.3) is 6.08 Å². The summed E-state index contributed by atoms with van der Waals surface area (Å²) in [7, 11) is 0. The number of fused-ring (bicyclic) bond motifs is 1. The predicted molar refractivity (Wildman–Crippen MR) is 117 cm³/mol. The largest absolute Gasteiger partial charge is 0.452 e. The Morgan fingerprint density at radius 2 is 1.80 bits per heavy atom. The van der Waals surface area contributed by atoms with E-state index in [0.717, 1.165) is 0 Å². The van der Waals surface area contributed by atoms with E-state index in [1.807, 2.05) is 0 Å². The molecule has 0 unspecified atom stereocenters. The van der Waals surface area contributed by atoms with Crippen molar-refractivity contribution in [2.75, 3.05) is 0 Å². The van der Waals surface area contributed by atoms with Gasteiger partial charge in [0.05, 0.1) is 21.2 Å². The maximum absolute atomic E-state index is 12.8. The number of carbonyl (C=O) groups is 2. The van der Waals surface area contributed by atoms with Gasteiger partial charge in [0.2, 0.25) is 5.78 Å². The smallest absolute Gasteiger partial charge is 0.343 e. The van der Waals surface area contributed by atoms with Crippen molar-refractivity contribution < 1.29 is 19.1 Å². The second-order valence-corrected chi connectivity index (χ2v) is 7.88. The first-order chi connectivity index (χ1) is 14.3. The van der Waals surface area contributed by atoms with Crippen LogP contribution in [0.1, 0.15) is 31.8 Å². The summed E-state index contributed by atoms with van der Waals surface area (Å²) in [6.45, 7) is 1.75. The zero-order valence-corrected chi connectivity index (χ0v) is 17.8. The molecule has 1 aliphatic rings. The highest BCUT2D eigenvalue weighted by Crippen LogP contribution is 2.38. The number of esters is 1. The molecule has 0 fully saturated rings. The fourth-order valence-electron chi connectivity index (χ4n) is 3.07. The summed E-state index contributed by atoms with van der Waals surface area (Å²) in [6.07, 6.45) is 1.58. The highest BCUT2D eigenvalue weighted by atomic mass is 35.5. The summed E-state index contributed by atoms with van der Waals surface area (Å²) in [5.41, 5.74) is 2.04. The molecule has 7 heteroatoms. The Kier molecular flexibility index (Phi) is 5.56. The number of benzene rings is 3. The second-order valence-electron chi connectivity index (χ2n) is 6.63. The molecule has 150 valence electrons. The molecule has 0 bridgehead atoms. The Balaban J connectivity index is 1.61. The first-order valence-electron chi connectivity index (χ1n) is 8.83. The Morgan fingerprint density at radius 1 is 1.00 bits per heavy atom. The van der Waals surface area contributed by atoms with E-state index >= 15 is 0 Å². The molecule has 0 saturated carbocycles. The normalized spacial score (nSPS) is 13.9. The first-order valence-corrected chi connectivity index (χ1v) is 9.97. The molecule has 0 aromatic heterocycles. The van der Waals surface area contributed by atoms with Crippen LogP contribution in [0.2, 0.25) is 15.1 Å². The predicted octanol–water partition coefficient (Wildman–Crippen LogP) is 6.79. The molecule has 4 rings (SSSR count). The number of hydrogen-bond donors (Lipinski definition) is 0. The molecule has 4 nitrogen and oxygen atoms in total. The molecular weight excluding hydrogens is 447 g/mol. The van der Waals surface area contributed by atoms with Crippen LogP contribution in [0.15, 0.2) is 60.4 Å². The standard InChI is InChI=1S/C23H13Cl3O4/c1-12-7-16(29-23(28)14-3-2-4-15(24)10-14)11-19-21(12)22(27)20(30-19)9-13-5-6-17(25)18(26)8-13/h2-11H,1H3/b20-9-. The van der Waals surface area contributed by atoms with Crippen LogP contribution >= 0.6 is 34.8 Å². The van der Waals surface area contributed by atoms with Crippen molar-refractivity contribution in [3.63, 3.8) is 0 Å². The van der Waals surface area contributed by atoms with Gasteiger partial charge in [0.1, 0.15) is 11.5 Å². The minimum absolute atomic E-state index is 0.143. The van der Waals surface area contributed by atoms with Gasteiger partial charge in [0, 0.05) is 11.1 Å². The average molecular weight is 460 g/mol. The van der Waals surface area contributed by atoms with Crippen molar-refractivity contribution >= 4 is 52.6 Å². The number of aryl methyl sites for hydroxylation is 1. The van der Waals surface area contributed by atoms with E-state index in [1.54, 1.807) is 55.5 Å². The van der Waals surface area contributed by atoms with E-state index in [4.69, 9.17) is 44.3 Å². The first kappa shape index (κ1) is 20.5. The molecule has 0 atom stereocenters. The summed E-state index contributed by atoms with van der Waals surface area (Å²) in [5.74, 6) is -0.0983. The van der Waals surface area contributed by atoms with Crippen molar-refractivity contribution in [1.82, 2.24) is 0 Å². The van der Waals surface area contributed by atoms with Crippen molar-refractivity contribution in [3.8, 4) is 11.5 Å². The molecule has 0 N–H and O–H groups in total. The Bertz CT molecular complexity index is 1230. The third-order valence-electron chi connectivity index (χ3n) is 4.46. The lowest BCUT2D eigenvalue weighted by Gasteiger charge is -2.08. The van der Waals surface area contributed by atoms with Gasteiger partial charge in [-0.1, -0.05) is 46.9 Å². The van der Waals surface area contributed by atoms with Gasteiger partial charge < -0.3 is 9.47 Å². The summed E-state index contributed by atoms with van der Waals surface area (Å²) >= 11 is 17.9. The van der Waals surface area contributed by atoms with Crippen molar-refractivity contribution in [2.45, 2.75) is 6.92 Å². The number of ketones is 1. The quantitative estimate of drug-likeness (QED) is 0.246.